The van der Waals surface area contributed by atoms with Gasteiger partial charge in [0.1, 0.15) is 5.25 Å². The van der Waals surface area contributed by atoms with Crippen LogP contribution in [-0.2, 0) is 4.79 Å². The normalized spacial score (nSPS) is 12.9. The lowest BCUT2D eigenvalue weighted by Gasteiger charge is -2.21. The van der Waals surface area contributed by atoms with E-state index < -0.39 is 17.2 Å². The Morgan fingerprint density at radius 2 is 1.72 bits per heavy atom. The van der Waals surface area contributed by atoms with Crippen molar-refractivity contribution < 1.29 is 9.59 Å². The lowest BCUT2D eigenvalue weighted by molar-refractivity contribution is -0.119. The van der Waals surface area contributed by atoms with Gasteiger partial charge in [0.05, 0.1) is 6.04 Å². The zero-order valence-corrected chi connectivity index (χ0v) is 19.8. The van der Waals surface area contributed by atoms with Gasteiger partial charge in [0.25, 0.3) is 0 Å². The molecule has 0 unspecified atom stereocenters. The first-order chi connectivity index (χ1) is 15.3. The van der Waals surface area contributed by atoms with E-state index in [4.69, 9.17) is 11.6 Å². The van der Waals surface area contributed by atoms with Crippen LogP contribution in [0, 0.1) is 0 Å². The fourth-order valence-corrected chi connectivity index (χ4v) is 4.13. The van der Waals surface area contributed by atoms with E-state index in [0.717, 1.165) is 17.1 Å². The minimum atomic E-state index is -0.716. The predicted molar refractivity (Wildman–Crippen MR) is 126 cm³/mol. The van der Waals surface area contributed by atoms with Gasteiger partial charge in [-0.15, -0.1) is 10.2 Å². The topological polar surface area (TPSA) is 92.2 Å². The van der Waals surface area contributed by atoms with Crippen molar-refractivity contribution in [1.29, 1.82) is 0 Å². The molecule has 32 heavy (non-hydrogen) atoms. The van der Waals surface area contributed by atoms with E-state index >= 15 is 0 Å². The largest absolute Gasteiger partial charge is 0.341 e. The van der Waals surface area contributed by atoms with Gasteiger partial charge in [0, 0.05) is 17.8 Å². The number of amides is 3. The smallest absolute Gasteiger partial charge is 0.321 e. The number of hydrogen-bond acceptors (Lipinski definition) is 6. The highest BCUT2D eigenvalue weighted by Crippen LogP contribution is 2.37. The highest BCUT2D eigenvalue weighted by molar-refractivity contribution is 8.00. The third-order valence-corrected chi connectivity index (χ3v) is 6.37. The number of urea groups is 1. The zero-order valence-electron chi connectivity index (χ0n) is 18.2. The highest BCUT2D eigenvalue weighted by atomic mass is 35.5. The van der Waals surface area contributed by atoms with Gasteiger partial charge in [-0.25, -0.2) is 4.79 Å². The van der Waals surface area contributed by atoms with Crippen LogP contribution in [0.3, 0.4) is 0 Å². The molecule has 2 N–H and O–H groups in total. The van der Waals surface area contributed by atoms with Crippen molar-refractivity contribution in [2.45, 2.75) is 23.4 Å². The zero-order chi connectivity index (χ0) is 23.3. The molecule has 0 aliphatic rings. The van der Waals surface area contributed by atoms with Crippen molar-refractivity contribution in [1.82, 2.24) is 30.3 Å². The van der Waals surface area contributed by atoms with Crippen molar-refractivity contribution in [3.05, 3.63) is 71.0 Å². The molecule has 10 heteroatoms. The standard InChI is InChI=1S/C22H25ClN6O2S/c1-14(28(3)4)19-26-27-22(29(19)17-12-10-16(23)11-13-17)32-18(15-8-6-5-7-9-15)20(30)25-21(31)24-2/h5-14,18H,1-4H3,(H2,24,25,30,31)/t14-,18+/m1/s1. The number of carbonyl (C=O) groups is 2. The molecule has 3 amide bonds. The van der Waals surface area contributed by atoms with Crippen molar-refractivity contribution in [2.24, 2.45) is 0 Å². The maximum atomic E-state index is 13.0. The number of rotatable bonds is 7. The van der Waals surface area contributed by atoms with Gasteiger partial charge in [0.2, 0.25) is 5.91 Å². The first-order valence-electron chi connectivity index (χ1n) is 9.93. The Balaban J connectivity index is 2.06. The molecule has 0 spiro atoms. The molecule has 0 saturated carbocycles. The number of benzene rings is 2. The second-order valence-corrected chi connectivity index (χ2v) is 8.78. The van der Waals surface area contributed by atoms with E-state index in [1.807, 2.05) is 73.0 Å². The summed E-state index contributed by atoms with van der Waals surface area (Å²) in [6.45, 7) is 2.03. The fourth-order valence-electron chi connectivity index (χ4n) is 2.94. The number of carbonyl (C=O) groups excluding carboxylic acids is 2. The Kier molecular flexibility index (Phi) is 7.89. The molecule has 0 fully saturated rings. The van der Waals surface area contributed by atoms with E-state index in [9.17, 15) is 9.59 Å². The van der Waals surface area contributed by atoms with Crippen LogP contribution >= 0.6 is 23.4 Å². The molecule has 0 aliphatic heterocycles. The van der Waals surface area contributed by atoms with Crippen LogP contribution in [0.15, 0.2) is 59.8 Å². The lowest BCUT2D eigenvalue weighted by Crippen LogP contribution is -2.39. The molecule has 1 heterocycles. The summed E-state index contributed by atoms with van der Waals surface area (Å²) in [4.78, 5) is 26.8. The van der Waals surface area contributed by atoms with Crippen LogP contribution < -0.4 is 10.6 Å². The van der Waals surface area contributed by atoms with E-state index in [1.54, 1.807) is 12.1 Å². The number of halogens is 1. The van der Waals surface area contributed by atoms with Gasteiger partial charge in [0.15, 0.2) is 11.0 Å². The summed E-state index contributed by atoms with van der Waals surface area (Å²) in [6, 6.07) is 16.0. The van der Waals surface area contributed by atoms with Crippen molar-refractivity contribution >= 4 is 35.3 Å². The summed E-state index contributed by atoms with van der Waals surface area (Å²) in [5.41, 5.74) is 1.57. The molecule has 2 aromatic carbocycles. The monoisotopic (exact) mass is 472 g/mol. The Hall–Kier alpha value is -2.88. The molecule has 3 rings (SSSR count). The maximum absolute atomic E-state index is 13.0. The second-order valence-electron chi connectivity index (χ2n) is 7.27. The quantitative estimate of drug-likeness (QED) is 0.508. The maximum Gasteiger partial charge on any atom is 0.321 e. The van der Waals surface area contributed by atoms with E-state index in [-0.39, 0.29) is 6.04 Å². The minimum Gasteiger partial charge on any atom is -0.341 e. The number of nitrogens with zero attached hydrogens (tertiary/aromatic N) is 4. The van der Waals surface area contributed by atoms with Crippen LogP contribution in [0.5, 0.6) is 0 Å². The molecular weight excluding hydrogens is 448 g/mol. The van der Waals surface area contributed by atoms with Crippen molar-refractivity contribution in [2.75, 3.05) is 21.1 Å². The van der Waals surface area contributed by atoms with Crippen molar-refractivity contribution in [3.8, 4) is 5.69 Å². The summed E-state index contributed by atoms with van der Waals surface area (Å²) >= 11 is 7.31. The molecule has 168 valence electrons. The molecule has 0 aliphatic carbocycles. The molecule has 0 bridgehead atoms. The number of hydrogen-bond donors (Lipinski definition) is 2. The first kappa shape index (κ1) is 23.8. The average Bonchev–Trinajstić information content (AvgIpc) is 3.21. The average molecular weight is 473 g/mol. The predicted octanol–water partition coefficient (Wildman–Crippen LogP) is 3.83. The van der Waals surface area contributed by atoms with Gasteiger partial charge in [-0.3, -0.25) is 19.6 Å². The number of nitrogens with one attached hydrogen (secondary N) is 2. The van der Waals surface area contributed by atoms with Crippen LogP contribution in [-0.4, -0.2) is 52.7 Å². The molecule has 1 aromatic heterocycles. The van der Waals surface area contributed by atoms with Gasteiger partial charge in [-0.1, -0.05) is 53.7 Å². The third kappa shape index (κ3) is 5.48. The minimum absolute atomic E-state index is 0.0394. The molecule has 0 radical (unpaired) electrons. The van der Waals surface area contributed by atoms with E-state index in [0.29, 0.717) is 10.2 Å². The summed E-state index contributed by atoms with van der Waals surface area (Å²) in [5.74, 6) is 0.270. The summed E-state index contributed by atoms with van der Waals surface area (Å²) < 4.78 is 1.91. The van der Waals surface area contributed by atoms with Gasteiger partial charge in [-0.05, 0) is 50.8 Å². The van der Waals surface area contributed by atoms with Crippen molar-refractivity contribution in [3.63, 3.8) is 0 Å². The van der Waals surface area contributed by atoms with Gasteiger partial charge < -0.3 is 5.32 Å². The molecular formula is C22H25ClN6O2S. The second kappa shape index (κ2) is 10.6. The molecule has 3 aromatic rings. The molecule has 0 saturated heterocycles. The number of imide groups is 1. The Morgan fingerprint density at radius 3 is 2.31 bits per heavy atom. The lowest BCUT2D eigenvalue weighted by atomic mass is 10.1. The SMILES string of the molecule is CNC(=O)NC(=O)[C@@H](Sc1nnc([C@@H](C)N(C)C)n1-c1ccc(Cl)cc1)c1ccccc1. The third-order valence-electron chi connectivity index (χ3n) is 4.92. The van der Waals surface area contributed by atoms with Gasteiger partial charge in [-0.2, -0.15) is 0 Å². The highest BCUT2D eigenvalue weighted by Gasteiger charge is 2.28. The van der Waals surface area contributed by atoms with Gasteiger partial charge >= 0.3 is 6.03 Å². The van der Waals surface area contributed by atoms with Crippen LogP contribution in [0.2, 0.25) is 5.02 Å². The van der Waals surface area contributed by atoms with Crippen LogP contribution in [0.1, 0.15) is 29.6 Å². The Labute approximate surface area is 196 Å². The Bertz CT molecular complexity index is 1070. The summed E-state index contributed by atoms with van der Waals surface area (Å²) in [7, 11) is 5.38. The van der Waals surface area contributed by atoms with E-state index in [2.05, 4.69) is 20.8 Å². The Morgan fingerprint density at radius 1 is 1.06 bits per heavy atom. The molecule has 8 nitrogen and oxygen atoms in total. The molecule has 2 atom stereocenters. The summed E-state index contributed by atoms with van der Waals surface area (Å²) in [5, 5.41) is 14.0. The van der Waals surface area contributed by atoms with Crippen LogP contribution in [0.25, 0.3) is 5.69 Å². The van der Waals surface area contributed by atoms with E-state index in [1.165, 1.54) is 18.8 Å². The fraction of sp³-hybridized carbons (Fsp3) is 0.273. The van der Waals surface area contributed by atoms with Crippen LogP contribution in [0.4, 0.5) is 4.79 Å². The number of thioether (sulfide) groups is 1. The summed E-state index contributed by atoms with van der Waals surface area (Å²) in [6.07, 6.45) is 0. The number of aromatic nitrogens is 3. The first-order valence-corrected chi connectivity index (χ1v) is 11.2.